The number of carbonyl (C=O) groups excluding carboxylic acids is 4. The minimum Gasteiger partial charge on any atom is -0.466 e. The van der Waals surface area contributed by atoms with Gasteiger partial charge in [0, 0.05) is 32.3 Å². The van der Waals surface area contributed by atoms with Crippen LogP contribution in [0.25, 0.3) is 0 Å². The summed E-state index contributed by atoms with van der Waals surface area (Å²) in [5, 5.41) is 5.09. The van der Waals surface area contributed by atoms with Crippen LogP contribution < -0.4 is 16.2 Å². The third-order valence-corrected chi connectivity index (χ3v) is 5.36. The van der Waals surface area contributed by atoms with Gasteiger partial charge >= 0.3 is 5.97 Å². The number of allylic oxidation sites excluding steroid dienone is 1. The van der Waals surface area contributed by atoms with E-state index >= 15 is 0 Å². The van der Waals surface area contributed by atoms with Gasteiger partial charge in [-0.15, -0.1) is 0 Å². The maximum absolute atomic E-state index is 12.8. The van der Waals surface area contributed by atoms with Gasteiger partial charge in [-0.05, 0) is 43.7 Å². The van der Waals surface area contributed by atoms with Gasteiger partial charge in [0.2, 0.25) is 17.7 Å². The number of nitrogens with zero attached hydrogens (tertiary/aromatic N) is 2. The number of nitrogens with one attached hydrogen (secondary N) is 2. The Kier molecular flexibility index (Phi) is 9.84. The van der Waals surface area contributed by atoms with E-state index in [9.17, 15) is 24.0 Å². The van der Waals surface area contributed by atoms with Crippen molar-refractivity contribution < 1.29 is 23.9 Å². The predicted molar refractivity (Wildman–Crippen MR) is 122 cm³/mol. The van der Waals surface area contributed by atoms with Gasteiger partial charge in [0.15, 0.2) is 0 Å². The van der Waals surface area contributed by atoms with Crippen LogP contribution in [0, 0.1) is 5.92 Å². The molecule has 1 saturated heterocycles. The number of ether oxygens (including phenoxy) is 1. The molecule has 0 aliphatic carbocycles. The van der Waals surface area contributed by atoms with Gasteiger partial charge in [-0.3, -0.25) is 19.2 Å². The lowest BCUT2D eigenvalue weighted by Crippen LogP contribution is -2.44. The van der Waals surface area contributed by atoms with Crippen molar-refractivity contribution in [3.63, 3.8) is 0 Å². The summed E-state index contributed by atoms with van der Waals surface area (Å²) in [7, 11) is 1.26. The third kappa shape index (κ3) is 8.21. The summed E-state index contributed by atoms with van der Waals surface area (Å²) >= 11 is 0. The van der Waals surface area contributed by atoms with Crippen LogP contribution in [-0.2, 0) is 30.5 Å². The number of esters is 1. The average Bonchev–Trinajstić information content (AvgIpc) is 2.77. The molecule has 2 rings (SSSR count). The topological polar surface area (TPSA) is 127 Å². The van der Waals surface area contributed by atoms with Crippen LogP contribution in [0.15, 0.2) is 35.3 Å². The second-order valence-corrected chi connectivity index (χ2v) is 8.19. The van der Waals surface area contributed by atoms with Crippen molar-refractivity contribution >= 4 is 29.4 Å². The van der Waals surface area contributed by atoms with Gasteiger partial charge in [0.1, 0.15) is 18.3 Å². The van der Waals surface area contributed by atoms with Crippen LogP contribution in [0.1, 0.15) is 39.5 Å². The summed E-state index contributed by atoms with van der Waals surface area (Å²) in [5.41, 5.74) is -0.487. The molecule has 180 valence electrons. The first-order valence-corrected chi connectivity index (χ1v) is 11.0. The molecular formula is C23H32N4O6. The largest absolute Gasteiger partial charge is 0.466 e. The number of hydrogen-bond acceptors (Lipinski definition) is 6. The Balaban J connectivity index is 2.06. The molecule has 2 atom stereocenters. The molecule has 10 nitrogen and oxygen atoms in total. The van der Waals surface area contributed by atoms with Crippen LogP contribution in [0.5, 0.6) is 0 Å². The van der Waals surface area contributed by atoms with E-state index in [1.807, 2.05) is 0 Å². The van der Waals surface area contributed by atoms with E-state index in [0.29, 0.717) is 25.4 Å². The van der Waals surface area contributed by atoms with E-state index in [1.54, 1.807) is 11.0 Å². The Labute approximate surface area is 193 Å². The van der Waals surface area contributed by atoms with E-state index in [2.05, 4.69) is 22.3 Å². The van der Waals surface area contributed by atoms with Gasteiger partial charge in [-0.25, -0.2) is 4.79 Å². The Bertz CT molecular complexity index is 955. The predicted octanol–water partition coefficient (Wildman–Crippen LogP) is 1.06. The van der Waals surface area contributed by atoms with Crippen molar-refractivity contribution in [1.29, 1.82) is 0 Å². The Hall–Kier alpha value is -3.43. The van der Waals surface area contributed by atoms with Crippen molar-refractivity contribution in [2.24, 2.45) is 5.92 Å². The number of anilines is 1. The van der Waals surface area contributed by atoms with Crippen LogP contribution in [0.3, 0.4) is 0 Å². The fraction of sp³-hybridized carbons (Fsp3) is 0.522. The van der Waals surface area contributed by atoms with Crippen molar-refractivity contribution in [1.82, 2.24) is 14.8 Å². The number of piperidine rings is 1. The minimum atomic E-state index is -0.908. The number of carbonyl (C=O) groups is 4. The van der Waals surface area contributed by atoms with Crippen LogP contribution in [-0.4, -0.2) is 59.4 Å². The zero-order chi connectivity index (χ0) is 24.4. The molecule has 0 spiro atoms. The first-order valence-electron chi connectivity index (χ1n) is 11.0. The molecule has 0 aromatic carbocycles. The standard InChI is InChI=1S/C23H32N4O6/c1-16-8-6-12-26(14-16)20(29)15-27-13-7-10-19(23(27)32)25-22(31)18(24-17(2)28)9-4-5-11-21(30)33-3/h5,7,10-11,13,16,18H,4,6,8-9,12,14-15H2,1-3H3,(H,24,28)(H,25,31)/t16?,18-/m0/s1. The summed E-state index contributed by atoms with van der Waals surface area (Å²) in [6.45, 7) is 4.62. The smallest absolute Gasteiger partial charge is 0.330 e. The fourth-order valence-corrected chi connectivity index (χ4v) is 3.66. The first kappa shape index (κ1) is 25.8. The highest BCUT2D eigenvalue weighted by Crippen LogP contribution is 2.15. The molecule has 33 heavy (non-hydrogen) atoms. The van der Waals surface area contributed by atoms with Crippen molar-refractivity contribution in [2.45, 2.75) is 52.1 Å². The zero-order valence-electron chi connectivity index (χ0n) is 19.3. The second-order valence-electron chi connectivity index (χ2n) is 8.19. The number of pyridine rings is 1. The van der Waals surface area contributed by atoms with Crippen molar-refractivity contribution in [3.05, 3.63) is 40.8 Å². The normalized spacial score (nSPS) is 16.8. The molecule has 1 aromatic rings. The Morgan fingerprint density at radius 1 is 1.30 bits per heavy atom. The maximum Gasteiger partial charge on any atom is 0.330 e. The van der Waals surface area contributed by atoms with E-state index in [-0.39, 0.29) is 24.6 Å². The highest BCUT2D eigenvalue weighted by molar-refractivity contribution is 5.96. The number of rotatable bonds is 9. The van der Waals surface area contributed by atoms with Crippen molar-refractivity contribution in [2.75, 3.05) is 25.5 Å². The lowest BCUT2D eigenvalue weighted by Gasteiger charge is -2.31. The molecular weight excluding hydrogens is 428 g/mol. The number of hydrogen-bond donors (Lipinski definition) is 2. The van der Waals surface area contributed by atoms with E-state index in [0.717, 1.165) is 12.8 Å². The van der Waals surface area contributed by atoms with Crippen LogP contribution >= 0.6 is 0 Å². The molecule has 10 heteroatoms. The molecule has 1 unspecified atom stereocenters. The highest BCUT2D eigenvalue weighted by atomic mass is 16.5. The third-order valence-electron chi connectivity index (χ3n) is 5.36. The van der Waals surface area contributed by atoms with Gasteiger partial charge in [-0.2, -0.15) is 0 Å². The zero-order valence-corrected chi connectivity index (χ0v) is 19.3. The lowest BCUT2D eigenvalue weighted by molar-refractivity contribution is -0.135. The molecule has 1 aromatic heterocycles. The number of likely N-dealkylation sites (tertiary alicyclic amines) is 1. The molecule has 2 N–H and O–H groups in total. The van der Waals surface area contributed by atoms with Crippen LogP contribution in [0.4, 0.5) is 5.69 Å². The average molecular weight is 461 g/mol. The minimum absolute atomic E-state index is 0.0165. The SMILES string of the molecule is COC(=O)C=CCC[C@H](NC(C)=O)C(=O)Nc1cccn(CC(=O)N2CCCC(C)C2)c1=O. The summed E-state index contributed by atoms with van der Waals surface area (Å²) in [4.78, 5) is 62.6. The van der Waals surface area contributed by atoms with E-state index in [1.165, 1.54) is 43.0 Å². The quantitative estimate of drug-likeness (QED) is 0.419. The van der Waals surface area contributed by atoms with Gasteiger partial charge in [0.05, 0.1) is 7.11 Å². The number of aromatic nitrogens is 1. The fourth-order valence-electron chi connectivity index (χ4n) is 3.66. The maximum atomic E-state index is 12.8. The number of methoxy groups -OCH3 is 1. The summed E-state index contributed by atoms with van der Waals surface area (Å²) in [5.74, 6) is -1.20. The molecule has 1 fully saturated rings. The Morgan fingerprint density at radius 2 is 2.06 bits per heavy atom. The summed E-state index contributed by atoms with van der Waals surface area (Å²) in [6, 6.07) is 2.12. The van der Waals surface area contributed by atoms with Gasteiger partial charge in [0.25, 0.3) is 5.56 Å². The number of amides is 3. The highest BCUT2D eigenvalue weighted by Gasteiger charge is 2.23. The van der Waals surface area contributed by atoms with E-state index in [4.69, 9.17) is 0 Å². The monoisotopic (exact) mass is 460 g/mol. The lowest BCUT2D eigenvalue weighted by atomic mass is 10.0. The van der Waals surface area contributed by atoms with E-state index < -0.39 is 29.4 Å². The van der Waals surface area contributed by atoms with Crippen LogP contribution in [0.2, 0.25) is 0 Å². The molecule has 1 aliphatic rings. The summed E-state index contributed by atoms with van der Waals surface area (Å²) in [6.07, 6.45) is 6.85. The first-order chi connectivity index (χ1) is 15.7. The molecule has 3 amide bonds. The molecule has 0 bridgehead atoms. The molecule has 2 heterocycles. The Morgan fingerprint density at radius 3 is 2.73 bits per heavy atom. The summed E-state index contributed by atoms with van der Waals surface area (Å²) < 4.78 is 5.77. The molecule has 0 saturated carbocycles. The van der Waals surface area contributed by atoms with Gasteiger partial charge in [-0.1, -0.05) is 13.0 Å². The molecule has 0 radical (unpaired) electrons. The molecule has 1 aliphatic heterocycles. The second kappa shape index (κ2) is 12.6. The van der Waals surface area contributed by atoms with Crippen molar-refractivity contribution in [3.8, 4) is 0 Å². The van der Waals surface area contributed by atoms with Gasteiger partial charge < -0.3 is 24.8 Å².